The number of nitrogens with one attached hydrogen (secondary N) is 1. The number of nitrogens with zero attached hydrogens (tertiary/aromatic N) is 5. The predicted molar refractivity (Wildman–Crippen MR) is 104 cm³/mol. The average Bonchev–Trinajstić information content (AvgIpc) is 3.14. The first kappa shape index (κ1) is 17.2. The van der Waals surface area contributed by atoms with Crippen molar-refractivity contribution in [2.75, 3.05) is 11.9 Å². The van der Waals surface area contributed by atoms with Crippen molar-refractivity contribution in [1.29, 1.82) is 0 Å². The molecule has 0 aliphatic carbocycles. The Hall–Kier alpha value is -2.87. The maximum atomic E-state index is 14.8. The Balaban J connectivity index is 1.42. The van der Waals surface area contributed by atoms with E-state index in [4.69, 9.17) is 0 Å². The number of hydrogen-bond acceptors (Lipinski definition) is 7. The van der Waals surface area contributed by atoms with Crippen molar-refractivity contribution in [3.05, 3.63) is 36.9 Å². The molecule has 2 unspecified atom stereocenters. The molecule has 8 heteroatoms. The molecular formula is C20H21FN6O. The van der Waals surface area contributed by atoms with Crippen LogP contribution in [0.5, 0.6) is 5.75 Å². The number of hydrogen-bond donors (Lipinski definition) is 2. The normalized spacial score (nSPS) is 26.5. The molecule has 144 valence electrons. The van der Waals surface area contributed by atoms with Crippen molar-refractivity contribution < 1.29 is 9.50 Å². The number of anilines is 1. The van der Waals surface area contributed by atoms with E-state index < -0.39 is 6.17 Å². The largest absolute Gasteiger partial charge is 0.505 e. The number of benzene rings is 1. The second-order valence-corrected chi connectivity index (χ2v) is 7.55. The minimum Gasteiger partial charge on any atom is -0.505 e. The fourth-order valence-corrected chi connectivity index (χ4v) is 4.39. The SMILES string of the molecule is CN(c1cnc(-c2ccc3nccnc3c2O)cn1)[C@@H]1CC2CCC(N2)[C@@H]1F. The molecule has 2 N–H and O–H groups in total. The van der Waals surface area contributed by atoms with Crippen LogP contribution < -0.4 is 10.2 Å². The first-order valence-corrected chi connectivity index (χ1v) is 9.50. The van der Waals surface area contributed by atoms with E-state index in [9.17, 15) is 9.50 Å². The number of rotatable bonds is 3. The van der Waals surface area contributed by atoms with Crippen molar-refractivity contribution in [3.63, 3.8) is 0 Å². The lowest BCUT2D eigenvalue weighted by Crippen LogP contribution is -2.55. The van der Waals surface area contributed by atoms with Gasteiger partial charge in [-0.25, -0.2) is 14.4 Å². The van der Waals surface area contributed by atoms with Gasteiger partial charge >= 0.3 is 0 Å². The Morgan fingerprint density at radius 3 is 2.79 bits per heavy atom. The van der Waals surface area contributed by atoms with Crippen LogP contribution in [0, 0.1) is 0 Å². The zero-order chi connectivity index (χ0) is 19.3. The summed E-state index contributed by atoms with van der Waals surface area (Å²) in [5, 5.41) is 13.9. The summed E-state index contributed by atoms with van der Waals surface area (Å²) >= 11 is 0. The van der Waals surface area contributed by atoms with Crippen LogP contribution in [-0.2, 0) is 0 Å². The summed E-state index contributed by atoms with van der Waals surface area (Å²) in [5.74, 6) is 0.650. The summed E-state index contributed by atoms with van der Waals surface area (Å²) in [6.07, 6.45) is 8.12. The number of phenols is 1. The summed E-state index contributed by atoms with van der Waals surface area (Å²) in [6.45, 7) is 0. The quantitative estimate of drug-likeness (QED) is 0.722. The van der Waals surface area contributed by atoms with E-state index >= 15 is 0 Å². The molecule has 7 nitrogen and oxygen atoms in total. The van der Waals surface area contributed by atoms with Gasteiger partial charge in [0.05, 0.1) is 29.6 Å². The van der Waals surface area contributed by atoms with Gasteiger partial charge in [-0.05, 0) is 31.4 Å². The van der Waals surface area contributed by atoms with Gasteiger partial charge in [0.15, 0.2) is 5.75 Å². The van der Waals surface area contributed by atoms with E-state index in [0.717, 1.165) is 19.3 Å². The standard InChI is InChI=1S/C20H21FN6O/c1-27(16-8-11-2-4-13(26-11)18(16)21)17-10-24-15(9-25-17)12-3-5-14-19(20(12)28)23-7-6-22-14/h3,5-7,9-11,13,16,18,26,28H,2,4,8H2,1H3/t11?,13?,16-,18+/m1/s1. The smallest absolute Gasteiger partial charge is 0.152 e. The van der Waals surface area contributed by atoms with E-state index in [2.05, 4.69) is 25.3 Å². The van der Waals surface area contributed by atoms with E-state index in [1.54, 1.807) is 30.7 Å². The second kappa shape index (κ2) is 6.63. The molecule has 2 aliphatic rings. The lowest BCUT2D eigenvalue weighted by Gasteiger charge is -2.38. The predicted octanol–water partition coefficient (Wildman–Crippen LogP) is 2.46. The highest BCUT2D eigenvalue weighted by Gasteiger charge is 2.43. The Morgan fingerprint density at radius 2 is 1.96 bits per heavy atom. The topological polar surface area (TPSA) is 87.1 Å². The molecule has 2 fully saturated rings. The van der Waals surface area contributed by atoms with Crippen molar-refractivity contribution in [2.24, 2.45) is 0 Å². The van der Waals surface area contributed by atoms with Crippen LogP contribution in [0.25, 0.3) is 22.3 Å². The molecule has 1 aromatic carbocycles. The minimum atomic E-state index is -0.923. The van der Waals surface area contributed by atoms with Gasteiger partial charge in [-0.1, -0.05) is 0 Å². The van der Waals surface area contributed by atoms with Gasteiger partial charge in [-0.2, -0.15) is 0 Å². The fraction of sp³-hybridized carbons (Fsp3) is 0.400. The highest BCUT2D eigenvalue weighted by molar-refractivity contribution is 5.88. The summed E-state index contributed by atoms with van der Waals surface area (Å²) in [4.78, 5) is 19.2. The molecule has 5 rings (SSSR count). The van der Waals surface area contributed by atoms with Crippen molar-refractivity contribution in [2.45, 2.75) is 43.6 Å². The minimum absolute atomic E-state index is 0.0276. The second-order valence-electron chi connectivity index (χ2n) is 7.55. The third-order valence-electron chi connectivity index (χ3n) is 5.94. The highest BCUT2D eigenvalue weighted by atomic mass is 19.1. The molecular weight excluding hydrogens is 359 g/mol. The van der Waals surface area contributed by atoms with Crippen molar-refractivity contribution in [1.82, 2.24) is 25.3 Å². The van der Waals surface area contributed by atoms with Gasteiger partial charge in [0.2, 0.25) is 0 Å². The monoisotopic (exact) mass is 380 g/mol. The van der Waals surface area contributed by atoms with E-state index in [-0.39, 0.29) is 17.8 Å². The van der Waals surface area contributed by atoms with Crippen LogP contribution in [0.15, 0.2) is 36.9 Å². The molecule has 4 heterocycles. The summed E-state index contributed by atoms with van der Waals surface area (Å²) < 4.78 is 14.8. The van der Waals surface area contributed by atoms with Gasteiger partial charge in [0, 0.05) is 37.1 Å². The Bertz CT molecular complexity index is 1010. The first-order valence-electron chi connectivity index (χ1n) is 9.50. The molecule has 0 saturated carbocycles. The molecule has 2 bridgehead atoms. The Labute approximate surface area is 161 Å². The summed E-state index contributed by atoms with van der Waals surface area (Å²) in [7, 11) is 1.87. The number of phenolic OH excluding ortho intramolecular Hbond substituents is 1. The number of piperidine rings is 1. The van der Waals surface area contributed by atoms with Crippen LogP contribution >= 0.6 is 0 Å². The lowest BCUT2D eigenvalue weighted by molar-refractivity contribution is 0.176. The van der Waals surface area contributed by atoms with Gasteiger partial charge in [0.1, 0.15) is 17.5 Å². The maximum Gasteiger partial charge on any atom is 0.152 e. The zero-order valence-electron chi connectivity index (χ0n) is 15.5. The summed E-state index contributed by atoms with van der Waals surface area (Å²) in [5.41, 5.74) is 2.11. The molecule has 0 spiro atoms. The van der Waals surface area contributed by atoms with E-state index in [1.165, 1.54) is 6.20 Å². The average molecular weight is 380 g/mol. The van der Waals surface area contributed by atoms with Crippen LogP contribution in [0.2, 0.25) is 0 Å². The number of aromatic nitrogens is 4. The third-order valence-corrected chi connectivity index (χ3v) is 5.94. The molecule has 3 aromatic rings. The molecule has 28 heavy (non-hydrogen) atoms. The van der Waals surface area contributed by atoms with Crippen molar-refractivity contribution >= 4 is 16.9 Å². The summed E-state index contributed by atoms with van der Waals surface area (Å²) in [6, 6.07) is 3.66. The van der Waals surface area contributed by atoms with Gasteiger partial charge in [-0.15, -0.1) is 0 Å². The Kier molecular flexibility index (Phi) is 4.08. The Morgan fingerprint density at radius 1 is 1.11 bits per heavy atom. The third kappa shape index (κ3) is 2.75. The number of halogens is 1. The maximum absolute atomic E-state index is 14.8. The first-order chi connectivity index (χ1) is 13.6. The number of aromatic hydroxyl groups is 1. The molecule has 2 aliphatic heterocycles. The van der Waals surface area contributed by atoms with E-state index in [0.29, 0.717) is 34.2 Å². The molecule has 4 atom stereocenters. The van der Waals surface area contributed by atoms with Gasteiger partial charge < -0.3 is 15.3 Å². The van der Waals surface area contributed by atoms with Gasteiger partial charge in [-0.3, -0.25) is 9.97 Å². The fourth-order valence-electron chi connectivity index (χ4n) is 4.39. The lowest BCUT2D eigenvalue weighted by atomic mass is 9.96. The van der Waals surface area contributed by atoms with Crippen LogP contribution in [0.3, 0.4) is 0 Å². The highest BCUT2D eigenvalue weighted by Crippen LogP contribution is 2.35. The van der Waals surface area contributed by atoms with E-state index in [1.807, 2.05) is 11.9 Å². The number of fused-ring (bicyclic) bond motifs is 3. The number of alkyl halides is 1. The molecule has 0 radical (unpaired) electrons. The van der Waals surface area contributed by atoms with Gasteiger partial charge in [0.25, 0.3) is 0 Å². The zero-order valence-corrected chi connectivity index (χ0v) is 15.5. The van der Waals surface area contributed by atoms with Crippen molar-refractivity contribution in [3.8, 4) is 17.0 Å². The van der Waals surface area contributed by atoms with Crippen LogP contribution in [0.1, 0.15) is 19.3 Å². The molecule has 0 amide bonds. The van der Waals surface area contributed by atoms with Crippen LogP contribution in [0.4, 0.5) is 10.2 Å². The van der Waals surface area contributed by atoms with Crippen LogP contribution in [-0.4, -0.2) is 56.4 Å². The molecule has 2 saturated heterocycles. The molecule has 2 aromatic heterocycles.